The molecule has 1 aromatic carbocycles. The highest BCUT2D eigenvalue weighted by atomic mass is 16.6. The molecule has 0 spiro atoms. The molecule has 7 nitrogen and oxygen atoms in total. The predicted octanol–water partition coefficient (Wildman–Crippen LogP) is 2.48. The van der Waals surface area contributed by atoms with Crippen LogP contribution in [-0.2, 0) is 16.1 Å². The van der Waals surface area contributed by atoms with E-state index in [0.717, 1.165) is 5.56 Å². The first-order valence-electron chi connectivity index (χ1n) is 9.08. The van der Waals surface area contributed by atoms with Gasteiger partial charge in [0.15, 0.2) is 5.78 Å². The lowest BCUT2D eigenvalue weighted by Crippen LogP contribution is -2.59. The van der Waals surface area contributed by atoms with Gasteiger partial charge in [-0.25, -0.2) is 14.8 Å². The number of nitrogens with zero attached hydrogens (tertiary/aromatic N) is 3. The maximum absolute atomic E-state index is 12.8. The smallest absolute Gasteiger partial charge is 0.410 e. The lowest BCUT2D eigenvalue weighted by molar-refractivity contribution is -0.0755. The zero-order chi connectivity index (χ0) is 18.6. The number of fused-ring (bicyclic) bond motifs is 2. The van der Waals surface area contributed by atoms with Crippen LogP contribution >= 0.6 is 0 Å². The van der Waals surface area contributed by atoms with Crippen LogP contribution in [0.25, 0.3) is 0 Å². The van der Waals surface area contributed by atoms with Crippen molar-refractivity contribution in [2.75, 3.05) is 13.2 Å². The fourth-order valence-electron chi connectivity index (χ4n) is 3.88. The van der Waals surface area contributed by atoms with Crippen molar-refractivity contribution in [2.45, 2.75) is 31.5 Å². The Balaban J connectivity index is 1.42. The molecule has 2 aliphatic rings. The third-order valence-corrected chi connectivity index (χ3v) is 5.15. The van der Waals surface area contributed by atoms with E-state index in [2.05, 4.69) is 9.97 Å². The third-order valence-electron chi connectivity index (χ3n) is 5.15. The molecule has 0 saturated carbocycles. The highest BCUT2D eigenvalue weighted by Gasteiger charge is 2.44. The Kier molecular flexibility index (Phi) is 5.11. The number of hydrogen-bond donors (Lipinski definition) is 0. The molecule has 2 fully saturated rings. The van der Waals surface area contributed by atoms with Gasteiger partial charge in [-0.1, -0.05) is 30.3 Å². The maximum Gasteiger partial charge on any atom is 0.410 e. The maximum atomic E-state index is 12.8. The van der Waals surface area contributed by atoms with Crippen molar-refractivity contribution in [1.82, 2.24) is 14.9 Å². The number of ether oxygens (including phenoxy) is 2. The molecule has 3 heterocycles. The molecule has 140 valence electrons. The highest BCUT2D eigenvalue weighted by molar-refractivity contribution is 5.97. The average molecular weight is 367 g/mol. The van der Waals surface area contributed by atoms with Crippen LogP contribution in [0.1, 0.15) is 28.8 Å². The normalized spacial score (nSPS) is 24.3. The number of piperidine rings is 1. The SMILES string of the molecule is O=C(c1cncnc1)C1CC2COCC(C1)N2C(=O)OCc1ccccc1. The average Bonchev–Trinajstić information content (AvgIpc) is 2.72. The van der Waals surface area contributed by atoms with E-state index in [4.69, 9.17) is 9.47 Å². The van der Waals surface area contributed by atoms with Gasteiger partial charge in [0.25, 0.3) is 0 Å². The van der Waals surface area contributed by atoms with Gasteiger partial charge in [-0.2, -0.15) is 0 Å². The minimum atomic E-state index is -0.342. The van der Waals surface area contributed by atoms with Gasteiger partial charge < -0.3 is 9.47 Å². The summed E-state index contributed by atoms with van der Waals surface area (Å²) >= 11 is 0. The first-order chi connectivity index (χ1) is 13.2. The van der Waals surface area contributed by atoms with Gasteiger partial charge in [0.05, 0.1) is 30.9 Å². The molecule has 2 bridgehead atoms. The summed E-state index contributed by atoms with van der Waals surface area (Å²) < 4.78 is 11.1. The second-order valence-corrected chi connectivity index (χ2v) is 6.95. The predicted molar refractivity (Wildman–Crippen MR) is 95.9 cm³/mol. The summed E-state index contributed by atoms with van der Waals surface area (Å²) in [5, 5.41) is 0. The summed E-state index contributed by atoms with van der Waals surface area (Å²) in [5.74, 6) is -0.127. The molecule has 2 unspecified atom stereocenters. The summed E-state index contributed by atoms with van der Waals surface area (Å²) in [6.45, 7) is 1.08. The number of aromatic nitrogens is 2. The molecule has 0 aliphatic carbocycles. The van der Waals surface area contributed by atoms with Gasteiger partial charge in [0.1, 0.15) is 12.9 Å². The van der Waals surface area contributed by atoms with Gasteiger partial charge in [-0.05, 0) is 18.4 Å². The fourth-order valence-corrected chi connectivity index (χ4v) is 3.88. The molecule has 2 atom stereocenters. The molecule has 1 amide bonds. The first kappa shape index (κ1) is 17.6. The number of Topliss-reactive ketones (excluding diaryl/α,β-unsaturated/α-hetero) is 1. The molecule has 2 aliphatic heterocycles. The second kappa shape index (κ2) is 7.84. The van der Waals surface area contributed by atoms with Gasteiger partial charge in [-0.3, -0.25) is 9.69 Å². The van der Waals surface area contributed by atoms with Crippen LogP contribution in [0.5, 0.6) is 0 Å². The molecule has 7 heteroatoms. The van der Waals surface area contributed by atoms with Gasteiger partial charge in [0, 0.05) is 18.3 Å². The third kappa shape index (κ3) is 3.83. The van der Waals surface area contributed by atoms with Crippen molar-refractivity contribution in [3.05, 3.63) is 60.2 Å². The number of carbonyl (C=O) groups excluding carboxylic acids is 2. The minimum Gasteiger partial charge on any atom is -0.445 e. The van der Waals surface area contributed by atoms with E-state index in [-0.39, 0.29) is 36.5 Å². The minimum absolute atomic E-state index is 0.0322. The second-order valence-electron chi connectivity index (χ2n) is 6.95. The van der Waals surface area contributed by atoms with Crippen molar-refractivity contribution in [2.24, 2.45) is 5.92 Å². The van der Waals surface area contributed by atoms with Crippen LogP contribution in [0.2, 0.25) is 0 Å². The van der Waals surface area contributed by atoms with Crippen LogP contribution < -0.4 is 0 Å². The molecule has 0 radical (unpaired) electrons. The quantitative estimate of drug-likeness (QED) is 0.772. The summed E-state index contributed by atoms with van der Waals surface area (Å²) in [4.78, 5) is 35.1. The van der Waals surface area contributed by atoms with E-state index in [1.807, 2.05) is 30.3 Å². The van der Waals surface area contributed by atoms with E-state index in [0.29, 0.717) is 31.6 Å². The number of carbonyl (C=O) groups is 2. The van der Waals surface area contributed by atoms with E-state index in [9.17, 15) is 9.59 Å². The number of amides is 1. The van der Waals surface area contributed by atoms with Crippen molar-refractivity contribution in [1.29, 1.82) is 0 Å². The number of rotatable bonds is 4. The van der Waals surface area contributed by atoms with Crippen LogP contribution in [-0.4, -0.2) is 52.0 Å². The lowest BCUT2D eigenvalue weighted by Gasteiger charge is -2.47. The Morgan fingerprint density at radius 3 is 2.41 bits per heavy atom. The fraction of sp³-hybridized carbons (Fsp3) is 0.400. The molecule has 0 N–H and O–H groups in total. The zero-order valence-electron chi connectivity index (χ0n) is 14.9. The van der Waals surface area contributed by atoms with E-state index in [1.54, 1.807) is 17.3 Å². The number of benzene rings is 1. The molecule has 27 heavy (non-hydrogen) atoms. The van der Waals surface area contributed by atoms with Crippen LogP contribution in [0.3, 0.4) is 0 Å². The summed E-state index contributed by atoms with van der Waals surface area (Å²) in [6.07, 6.45) is 5.27. The number of ketones is 1. The Hall–Kier alpha value is -2.80. The Labute approximate surface area is 157 Å². The lowest BCUT2D eigenvalue weighted by atomic mass is 9.81. The molecular weight excluding hydrogens is 346 g/mol. The summed E-state index contributed by atoms with van der Waals surface area (Å²) in [5.41, 5.74) is 1.46. The highest BCUT2D eigenvalue weighted by Crippen LogP contribution is 2.34. The summed E-state index contributed by atoms with van der Waals surface area (Å²) in [6, 6.07) is 9.28. The van der Waals surface area contributed by atoms with Crippen LogP contribution in [0, 0.1) is 5.92 Å². The van der Waals surface area contributed by atoms with E-state index in [1.165, 1.54) is 6.33 Å². The van der Waals surface area contributed by atoms with Gasteiger partial charge >= 0.3 is 6.09 Å². The Bertz CT molecular complexity index is 785. The first-order valence-corrected chi connectivity index (χ1v) is 9.08. The Morgan fingerprint density at radius 1 is 1.07 bits per heavy atom. The molecule has 2 aromatic rings. The largest absolute Gasteiger partial charge is 0.445 e. The number of hydrogen-bond acceptors (Lipinski definition) is 6. The van der Waals surface area contributed by atoms with Crippen LogP contribution in [0.15, 0.2) is 49.1 Å². The van der Waals surface area contributed by atoms with Crippen molar-refractivity contribution in [3.8, 4) is 0 Å². The zero-order valence-corrected chi connectivity index (χ0v) is 14.9. The van der Waals surface area contributed by atoms with Gasteiger partial charge in [-0.15, -0.1) is 0 Å². The van der Waals surface area contributed by atoms with E-state index >= 15 is 0 Å². The van der Waals surface area contributed by atoms with Crippen LogP contribution in [0.4, 0.5) is 4.79 Å². The monoisotopic (exact) mass is 367 g/mol. The van der Waals surface area contributed by atoms with E-state index < -0.39 is 0 Å². The molecule has 2 saturated heterocycles. The molecule has 1 aromatic heterocycles. The van der Waals surface area contributed by atoms with Crippen molar-refractivity contribution in [3.63, 3.8) is 0 Å². The Morgan fingerprint density at radius 2 is 1.74 bits per heavy atom. The summed E-state index contributed by atoms with van der Waals surface area (Å²) in [7, 11) is 0. The van der Waals surface area contributed by atoms with Crippen molar-refractivity contribution >= 4 is 11.9 Å². The molecular formula is C20H21N3O4. The standard InChI is InChI=1S/C20H21N3O4/c24-19(16-8-21-13-22-9-16)15-6-17-11-26-12-18(7-15)23(17)20(25)27-10-14-4-2-1-3-5-14/h1-5,8-9,13,15,17-18H,6-7,10-12H2. The number of morpholine rings is 1. The molecule has 4 rings (SSSR count). The van der Waals surface area contributed by atoms with Gasteiger partial charge in [0.2, 0.25) is 0 Å². The van der Waals surface area contributed by atoms with Crippen molar-refractivity contribution < 1.29 is 19.1 Å². The topological polar surface area (TPSA) is 81.6 Å².